The molecule has 0 saturated carbocycles. The Labute approximate surface area is 61.3 Å². The maximum Gasteiger partial charge on any atom is 0.163 e. The van der Waals surface area contributed by atoms with Gasteiger partial charge in [-0.2, -0.15) is 0 Å². The molecule has 0 atom stereocenters. The van der Waals surface area contributed by atoms with Gasteiger partial charge >= 0.3 is 0 Å². The zero-order valence-corrected chi connectivity index (χ0v) is 6.44. The third-order valence-corrected chi connectivity index (χ3v) is 1.69. The van der Waals surface area contributed by atoms with Crippen molar-refractivity contribution in [2.75, 3.05) is 0 Å². The molecule has 0 saturated heterocycles. The van der Waals surface area contributed by atoms with Gasteiger partial charge < -0.3 is 0 Å². The molecule has 0 amide bonds. The summed E-state index contributed by atoms with van der Waals surface area (Å²) in [6, 6.07) is 2.02. The highest BCUT2D eigenvalue weighted by Gasteiger charge is 1.91. The quantitative estimate of drug-likeness (QED) is 0.390. The first-order valence-corrected chi connectivity index (χ1v) is 3.27. The summed E-state index contributed by atoms with van der Waals surface area (Å²) in [6.07, 6.45) is 1.77. The highest BCUT2D eigenvalue weighted by atomic mass is 32.1. The molecule has 1 aromatic heterocycles. The molecular formula is C6H8BNS. The van der Waals surface area contributed by atoms with E-state index in [0.29, 0.717) is 0 Å². The van der Waals surface area contributed by atoms with E-state index in [2.05, 4.69) is 17.6 Å². The van der Waals surface area contributed by atoms with Crippen molar-refractivity contribution in [3.63, 3.8) is 0 Å². The van der Waals surface area contributed by atoms with Crippen LogP contribution in [0.3, 0.4) is 0 Å². The van der Waals surface area contributed by atoms with E-state index in [1.54, 1.807) is 6.20 Å². The van der Waals surface area contributed by atoms with Gasteiger partial charge in [0.2, 0.25) is 0 Å². The van der Waals surface area contributed by atoms with Crippen LogP contribution in [0.25, 0.3) is 0 Å². The van der Waals surface area contributed by atoms with Crippen LogP contribution in [0.1, 0.15) is 5.56 Å². The number of thiol groups is 1. The Bertz CT molecular complexity index is 224. The predicted molar refractivity (Wildman–Crippen MR) is 44.4 cm³/mol. The predicted octanol–water partition coefficient (Wildman–Crippen LogP) is -0.0629. The Morgan fingerprint density at radius 1 is 1.67 bits per heavy atom. The third kappa shape index (κ3) is 1.48. The van der Waals surface area contributed by atoms with Crippen molar-refractivity contribution in [1.29, 1.82) is 0 Å². The smallest absolute Gasteiger partial charge is 0.163 e. The van der Waals surface area contributed by atoms with E-state index in [4.69, 9.17) is 0 Å². The van der Waals surface area contributed by atoms with Crippen molar-refractivity contribution in [2.24, 2.45) is 0 Å². The van der Waals surface area contributed by atoms with E-state index in [1.165, 1.54) is 5.56 Å². The molecule has 1 nitrogen and oxygen atoms in total. The van der Waals surface area contributed by atoms with E-state index < -0.39 is 0 Å². The van der Waals surface area contributed by atoms with Crippen LogP contribution >= 0.6 is 12.6 Å². The summed E-state index contributed by atoms with van der Waals surface area (Å²) in [5.41, 5.74) is 2.23. The number of aromatic nitrogens is 1. The molecule has 0 aliphatic carbocycles. The zero-order valence-electron chi connectivity index (χ0n) is 5.55. The third-order valence-electron chi connectivity index (χ3n) is 1.22. The number of nitrogens with zero attached hydrogens (tertiary/aromatic N) is 1. The van der Waals surface area contributed by atoms with Gasteiger partial charge in [-0.05, 0) is 24.1 Å². The molecule has 0 radical (unpaired) electrons. The number of rotatable bonds is 0. The van der Waals surface area contributed by atoms with E-state index in [1.807, 2.05) is 20.8 Å². The summed E-state index contributed by atoms with van der Waals surface area (Å²) < 4.78 is 0. The summed E-state index contributed by atoms with van der Waals surface area (Å²) in [7, 11) is 1.97. The highest BCUT2D eigenvalue weighted by molar-refractivity contribution is 7.80. The molecule has 1 aromatic rings. The van der Waals surface area contributed by atoms with Crippen LogP contribution < -0.4 is 5.59 Å². The molecular weight excluding hydrogens is 129 g/mol. The van der Waals surface area contributed by atoms with Gasteiger partial charge in [0.25, 0.3) is 0 Å². The fraction of sp³-hybridized carbons (Fsp3) is 0.167. The number of pyridine rings is 1. The van der Waals surface area contributed by atoms with Gasteiger partial charge in [0.15, 0.2) is 7.85 Å². The largest absolute Gasteiger partial charge is 0.271 e. The Morgan fingerprint density at radius 2 is 2.33 bits per heavy atom. The first-order valence-electron chi connectivity index (χ1n) is 2.82. The van der Waals surface area contributed by atoms with Gasteiger partial charge in [-0.1, -0.05) is 0 Å². The van der Waals surface area contributed by atoms with Crippen molar-refractivity contribution >= 4 is 26.1 Å². The monoisotopic (exact) mass is 137 g/mol. The van der Waals surface area contributed by atoms with Gasteiger partial charge in [0, 0.05) is 11.1 Å². The van der Waals surface area contributed by atoms with Gasteiger partial charge in [0.05, 0.1) is 0 Å². The fourth-order valence-electron chi connectivity index (χ4n) is 0.689. The number of aryl methyl sites for hydroxylation is 1. The van der Waals surface area contributed by atoms with Gasteiger partial charge in [-0.15, -0.1) is 12.6 Å². The molecule has 1 heterocycles. The normalized spacial score (nSPS) is 9.56. The van der Waals surface area contributed by atoms with E-state index in [-0.39, 0.29) is 0 Å². The molecule has 46 valence electrons. The van der Waals surface area contributed by atoms with E-state index >= 15 is 0 Å². The van der Waals surface area contributed by atoms with E-state index in [0.717, 1.165) is 10.5 Å². The molecule has 0 aromatic carbocycles. The van der Waals surface area contributed by atoms with Crippen molar-refractivity contribution in [3.05, 3.63) is 17.8 Å². The zero-order chi connectivity index (χ0) is 6.85. The average molecular weight is 137 g/mol. The second-order valence-electron chi connectivity index (χ2n) is 2.11. The lowest BCUT2D eigenvalue weighted by atomic mass is 10.0. The maximum absolute atomic E-state index is 4.18. The molecule has 0 N–H and O–H groups in total. The lowest BCUT2D eigenvalue weighted by molar-refractivity contribution is 1.21. The molecule has 0 bridgehead atoms. The van der Waals surface area contributed by atoms with Crippen molar-refractivity contribution in [3.8, 4) is 0 Å². The molecule has 0 unspecified atom stereocenters. The molecule has 0 aliphatic heterocycles. The SMILES string of the molecule is Bc1cc(C)c(S)cn1. The molecule has 3 heteroatoms. The van der Waals surface area contributed by atoms with Crippen LogP contribution in [0.15, 0.2) is 17.2 Å². The van der Waals surface area contributed by atoms with Crippen LogP contribution in [0.4, 0.5) is 0 Å². The molecule has 0 spiro atoms. The van der Waals surface area contributed by atoms with Crippen LogP contribution in [0.5, 0.6) is 0 Å². The second-order valence-corrected chi connectivity index (χ2v) is 2.59. The first-order chi connectivity index (χ1) is 4.20. The molecule has 1 rings (SSSR count). The molecule has 9 heavy (non-hydrogen) atoms. The first kappa shape index (κ1) is 6.68. The summed E-state index contributed by atoms with van der Waals surface area (Å²) in [5, 5.41) is 0. The second kappa shape index (κ2) is 2.44. The molecule has 0 aliphatic rings. The van der Waals surface area contributed by atoms with E-state index in [9.17, 15) is 0 Å². The minimum atomic E-state index is 0.959. The lowest BCUT2D eigenvalue weighted by Crippen LogP contribution is -2.07. The van der Waals surface area contributed by atoms with Crippen LogP contribution in [0.2, 0.25) is 0 Å². The Kier molecular flexibility index (Phi) is 1.81. The average Bonchev–Trinajstić information content (AvgIpc) is 1.80. The van der Waals surface area contributed by atoms with Gasteiger partial charge in [-0.3, -0.25) is 4.98 Å². The maximum atomic E-state index is 4.18. The summed E-state index contributed by atoms with van der Waals surface area (Å²) in [6.45, 7) is 2.02. The number of hydrogen-bond acceptors (Lipinski definition) is 2. The van der Waals surface area contributed by atoms with Gasteiger partial charge in [0.1, 0.15) is 0 Å². The standard InChI is InChI=1S/C6H8BNS/c1-4-2-6(7)8-3-5(4)9/h2-3,9H,7H2,1H3. The van der Waals surface area contributed by atoms with Crippen LogP contribution in [0, 0.1) is 6.92 Å². The van der Waals surface area contributed by atoms with Crippen molar-refractivity contribution in [1.82, 2.24) is 4.98 Å². The number of hydrogen-bond donors (Lipinski definition) is 1. The topological polar surface area (TPSA) is 12.9 Å². The minimum absolute atomic E-state index is 0.959. The Hall–Kier alpha value is -0.435. The lowest BCUT2D eigenvalue weighted by Gasteiger charge is -1.96. The summed E-state index contributed by atoms with van der Waals surface area (Å²) >= 11 is 4.18. The van der Waals surface area contributed by atoms with Gasteiger partial charge in [-0.25, -0.2) is 0 Å². The Morgan fingerprint density at radius 3 is 2.78 bits per heavy atom. The van der Waals surface area contributed by atoms with Crippen molar-refractivity contribution in [2.45, 2.75) is 11.8 Å². The summed E-state index contributed by atoms with van der Waals surface area (Å²) in [5.74, 6) is 0. The van der Waals surface area contributed by atoms with Crippen molar-refractivity contribution < 1.29 is 0 Å². The summed E-state index contributed by atoms with van der Waals surface area (Å²) in [4.78, 5) is 5.02. The fourth-order valence-corrected chi connectivity index (χ4v) is 0.812. The minimum Gasteiger partial charge on any atom is -0.271 e. The van der Waals surface area contributed by atoms with Crippen LogP contribution in [-0.4, -0.2) is 12.8 Å². The van der Waals surface area contributed by atoms with Crippen LogP contribution in [-0.2, 0) is 0 Å². The highest BCUT2D eigenvalue weighted by Crippen LogP contribution is 2.06. The molecule has 0 fully saturated rings. The Balaban J connectivity index is 3.17.